The Labute approximate surface area is 202 Å². The van der Waals surface area contributed by atoms with Gasteiger partial charge in [0.25, 0.3) is 11.8 Å². The highest BCUT2D eigenvalue weighted by molar-refractivity contribution is 7.89. The van der Waals surface area contributed by atoms with Crippen molar-refractivity contribution in [1.82, 2.24) is 9.21 Å². The molecule has 0 fully saturated rings. The van der Waals surface area contributed by atoms with Crippen LogP contribution in [-0.4, -0.2) is 49.6 Å². The molecule has 5 rings (SSSR count). The van der Waals surface area contributed by atoms with Gasteiger partial charge in [-0.2, -0.15) is 4.31 Å². The van der Waals surface area contributed by atoms with Crippen molar-refractivity contribution < 1.29 is 22.7 Å². The number of halogens is 1. The Balaban J connectivity index is 1.59. The number of methoxy groups -OCH3 is 1. The summed E-state index contributed by atoms with van der Waals surface area (Å²) in [4.78, 5) is 27.2. The van der Waals surface area contributed by atoms with Crippen LogP contribution in [0.5, 0.6) is 5.75 Å². The summed E-state index contributed by atoms with van der Waals surface area (Å²) in [5, 5.41) is 0.258. The predicted molar refractivity (Wildman–Crippen MR) is 127 cm³/mol. The summed E-state index contributed by atoms with van der Waals surface area (Å²) < 4.78 is 34.4. The molecule has 0 aliphatic carbocycles. The molecule has 0 radical (unpaired) electrons. The second-order valence-electron chi connectivity index (χ2n) is 8.14. The summed E-state index contributed by atoms with van der Waals surface area (Å²) >= 11 is 6.13. The fourth-order valence-electron chi connectivity index (χ4n) is 4.66. The number of nitrogens with zero attached hydrogens (tertiary/aromatic N) is 2. The molecular weight excluding hydrogens is 476 g/mol. The molecule has 2 aliphatic rings. The predicted octanol–water partition coefficient (Wildman–Crippen LogP) is 3.93. The number of sulfonamides is 1. The third-order valence-electron chi connectivity index (χ3n) is 6.31. The molecule has 7 nitrogen and oxygen atoms in total. The second-order valence-corrected chi connectivity index (χ2v) is 10.4. The van der Waals surface area contributed by atoms with Gasteiger partial charge in [0.05, 0.1) is 30.8 Å². The van der Waals surface area contributed by atoms with Crippen molar-refractivity contribution in [1.29, 1.82) is 0 Å². The molecule has 0 saturated heterocycles. The van der Waals surface area contributed by atoms with E-state index in [9.17, 15) is 18.0 Å². The molecule has 9 heteroatoms. The van der Waals surface area contributed by atoms with Crippen LogP contribution in [0.1, 0.15) is 37.9 Å². The number of imide groups is 1. The minimum absolute atomic E-state index is 0.0609. The molecule has 3 aromatic rings. The van der Waals surface area contributed by atoms with Gasteiger partial charge < -0.3 is 4.74 Å². The first-order chi connectivity index (χ1) is 16.3. The Bertz CT molecular complexity index is 1390. The number of amides is 2. The van der Waals surface area contributed by atoms with Crippen LogP contribution in [0.15, 0.2) is 71.6 Å². The smallest absolute Gasteiger partial charge is 0.261 e. The van der Waals surface area contributed by atoms with Gasteiger partial charge in [0.1, 0.15) is 10.6 Å². The lowest BCUT2D eigenvalue weighted by molar-refractivity contribution is 0.0616. The molecule has 34 heavy (non-hydrogen) atoms. The van der Waals surface area contributed by atoms with Gasteiger partial charge in [-0.25, -0.2) is 8.42 Å². The van der Waals surface area contributed by atoms with E-state index in [1.165, 1.54) is 23.5 Å². The van der Waals surface area contributed by atoms with Crippen LogP contribution in [0.4, 0.5) is 0 Å². The highest BCUT2D eigenvalue weighted by atomic mass is 35.5. The Morgan fingerprint density at radius 2 is 1.62 bits per heavy atom. The molecule has 0 N–H and O–H groups in total. The molecule has 2 amide bonds. The van der Waals surface area contributed by atoms with Gasteiger partial charge in [-0.1, -0.05) is 48.0 Å². The highest BCUT2D eigenvalue weighted by Gasteiger charge is 2.43. The van der Waals surface area contributed by atoms with Crippen LogP contribution in [0, 0.1) is 0 Å². The molecular formula is C25H21ClN2O5S. The van der Waals surface area contributed by atoms with Gasteiger partial charge in [-0.3, -0.25) is 14.5 Å². The molecule has 0 saturated carbocycles. The number of hydrogen-bond donors (Lipinski definition) is 0. The summed E-state index contributed by atoms with van der Waals surface area (Å²) in [6, 6.07) is 17.8. The number of hydrogen-bond acceptors (Lipinski definition) is 5. The van der Waals surface area contributed by atoms with Crippen molar-refractivity contribution in [3.63, 3.8) is 0 Å². The number of ether oxygens (including phenoxy) is 1. The normalized spacial score (nSPS) is 18.1. The van der Waals surface area contributed by atoms with E-state index >= 15 is 0 Å². The van der Waals surface area contributed by atoms with Gasteiger partial charge in [0, 0.05) is 11.6 Å². The summed E-state index contributed by atoms with van der Waals surface area (Å²) in [6.07, 6.45) is 0.497. The molecule has 1 unspecified atom stereocenters. The number of rotatable bonds is 5. The largest absolute Gasteiger partial charge is 0.495 e. The van der Waals surface area contributed by atoms with E-state index in [2.05, 4.69) is 0 Å². The van der Waals surface area contributed by atoms with Gasteiger partial charge in [-0.05, 0) is 47.9 Å². The van der Waals surface area contributed by atoms with Crippen LogP contribution in [-0.2, 0) is 16.4 Å². The Hall–Kier alpha value is -3.20. The lowest BCUT2D eigenvalue weighted by atomic mass is 9.94. The minimum Gasteiger partial charge on any atom is -0.495 e. The molecule has 0 aromatic heterocycles. The lowest BCUT2D eigenvalue weighted by Crippen LogP contribution is -2.46. The van der Waals surface area contributed by atoms with E-state index in [1.54, 1.807) is 30.3 Å². The third-order valence-corrected chi connectivity index (χ3v) is 8.47. The first-order valence-corrected chi connectivity index (χ1v) is 12.5. The lowest BCUT2D eigenvalue weighted by Gasteiger charge is -2.38. The average Bonchev–Trinajstić information content (AvgIpc) is 3.09. The van der Waals surface area contributed by atoms with Crippen LogP contribution in [0.3, 0.4) is 0 Å². The van der Waals surface area contributed by atoms with E-state index < -0.39 is 27.9 Å². The molecule has 2 aliphatic heterocycles. The molecule has 174 valence electrons. The molecule has 0 spiro atoms. The second kappa shape index (κ2) is 8.54. The summed E-state index contributed by atoms with van der Waals surface area (Å²) in [7, 11) is -2.70. The summed E-state index contributed by atoms with van der Waals surface area (Å²) in [5.41, 5.74) is 2.38. The first kappa shape index (κ1) is 22.6. The fourth-order valence-corrected chi connectivity index (χ4v) is 6.68. The van der Waals surface area contributed by atoms with E-state index in [0.717, 1.165) is 16.0 Å². The number of fused-ring (bicyclic) bond motifs is 2. The highest BCUT2D eigenvalue weighted by Crippen LogP contribution is 2.39. The van der Waals surface area contributed by atoms with Gasteiger partial charge in [0.15, 0.2) is 0 Å². The van der Waals surface area contributed by atoms with Crippen LogP contribution in [0.2, 0.25) is 5.02 Å². The zero-order chi connectivity index (χ0) is 24.0. The maximum absolute atomic E-state index is 13.9. The van der Waals surface area contributed by atoms with Crippen LogP contribution < -0.4 is 4.74 Å². The SMILES string of the molecule is COc1ccc(Cl)cc1S(=O)(=O)N1CCc2ccccc2C1CN1C(=O)c2ccccc2C1=O. The monoisotopic (exact) mass is 496 g/mol. The van der Waals surface area contributed by atoms with E-state index in [4.69, 9.17) is 16.3 Å². The molecule has 2 heterocycles. The minimum atomic E-state index is -4.09. The van der Waals surface area contributed by atoms with Crippen LogP contribution in [0.25, 0.3) is 0 Å². The Morgan fingerprint density at radius 1 is 0.971 bits per heavy atom. The fraction of sp³-hybridized carbons (Fsp3) is 0.200. The van der Waals surface area contributed by atoms with Crippen LogP contribution >= 0.6 is 11.6 Å². The van der Waals surface area contributed by atoms with Crippen molar-refractivity contribution in [2.24, 2.45) is 0 Å². The molecule has 3 aromatic carbocycles. The first-order valence-electron chi connectivity index (χ1n) is 10.7. The quantitative estimate of drug-likeness (QED) is 0.500. The summed E-state index contributed by atoms with van der Waals surface area (Å²) in [5.74, 6) is -0.689. The zero-order valence-electron chi connectivity index (χ0n) is 18.3. The topological polar surface area (TPSA) is 84.0 Å². The van der Waals surface area contributed by atoms with Crippen molar-refractivity contribution in [2.45, 2.75) is 17.4 Å². The molecule has 1 atom stereocenters. The van der Waals surface area contributed by atoms with Gasteiger partial charge in [0.2, 0.25) is 10.0 Å². The van der Waals surface area contributed by atoms with Crippen molar-refractivity contribution in [3.8, 4) is 5.75 Å². The van der Waals surface area contributed by atoms with Crippen molar-refractivity contribution in [3.05, 3.63) is 94.0 Å². The Kier molecular flexibility index (Phi) is 5.67. The number of benzene rings is 3. The van der Waals surface area contributed by atoms with Gasteiger partial charge in [-0.15, -0.1) is 0 Å². The van der Waals surface area contributed by atoms with E-state index in [1.807, 2.05) is 24.3 Å². The Morgan fingerprint density at radius 3 is 2.29 bits per heavy atom. The third kappa shape index (κ3) is 3.58. The van der Waals surface area contributed by atoms with E-state index in [0.29, 0.717) is 17.5 Å². The average molecular weight is 497 g/mol. The zero-order valence-corrected chi connectivity index (χ0v) is 19.8. The van der Waals surface area contributed by atoms with Crippen molar-refractivity contribution >= 4 is 33.4 Å². The number of carbonyl (C=O) groups is 2. The maximum Gasteiger partial charge on any atom is 0.261 e. The standard InChI is InChI=1S/C25H21ClN2O5S/c1-33-22-11-10-17(26)14-23(22)34(31,32)28-13-12-16-6-2-3-7-18(16)21(28)15-27-24(29)19-8-4-5-9-20(19)25(27)30/h2-11,14,21H,12-13,15H2,1H3. The summed E-state index contributed by atoms with van der Waals surface area (Å²) in [6.45, 7) is 0.0777. The molecule has 0 bridgehead atoms. The number of carbonyl (C=O) groups excluding carboxylic acids is 2. The van der Waals surface area contributed by atoms with Crippen molar-refractivity contribution in [2.75, 3.05) is 20.2 Å². The van der Waals surface area contributed by atoms with E-state index in [-0.39, 0.29) is 28.8 Å². The van der Waals surface area contributed by atoms with Gasteiger partial charge >= 0.3 is 0 Å². The maximum atomic E-state index is 13.9.